The van der Waals surface area contributed by atoms with Gasteiger partial charge in [-0.05, 0) is 37.5 Å². The van der Waals surface area contributed by atoms with Crippen LogP contribution in [0.3, 0.4) is 0 Å². The Morgan fingerprint density at radius 3 is 2.40 bits per heavy atom. The number of hydrogen-bond acceptors (Lipinski definition) is 5. The van der Waals surface area contributed by atoms with Crippen molar-refractivity contribution in [2.24, 2.45) is 0 Å². The zero-order chi connectivity index (χ0) is 21.1. The van der Waals surface area contributed by atoms with E-state index in [1.165, 1.54) is 18.6 Å². The fourth-order valence-electron chi connectivity index (χ4n) is 4.13. The van der Waals surface area contributed by atoms with Gasteiger partial charge in [0.2, 0.25) is 0 Å². The van der Waals surface area contributed by atoms with Crippen LogP contribution in [-0.2, 0) is 0 Å². The molecule has 30 heavy (non-hydrogen) atoms. The molecule has 6 nitrogen and oxygen atoms in total. The Balaban J connectivity index is 1.43. The summed E-state index contributed by atoms with van der Waals surface area (Å²) in [6, 6.07) is 6.32. The molecule has 0 unspecified atom stereocenters. The molecule has 0 spiro atoms. The molecule has 3 heterocycles. The number of piperazine rings is 1. The van der Waals surface area contributed by atoms with Gasteiger partial charge >= 0.3 is 0 Å². The van der Waals surface area contributed by atoms with Crippen LogP contribution in [0.2, 0.25) is 5.02 Å². The van der Waals surface area contributed by atoms with Gasteiger partial charge in [0.25, 0.3) is 5.91 Å². The van der Waals surface area contributed by atoms with E-state index in [1.54, 1.807) is 25.4 Å². The molecule has 0 N–H and O–H groups in total. The smallest absolute Gasteiger partial charge is 0.255 e. The Hall–Kier alpha value is -2.54. The second kappa shape index (κ2) is 9.08. The fraction of sp³-hybridized carbons (Fsp3) is 0.455. The molecule has 1 aromatic carbocycles. The summed E-state index contributed by atoms with van der Waals surface area (Å²) in [5.41, 5.74) is 1.42. The highest BCUT2D eigenvalue weighted by Crippen LogP contribution is 2.31. The molecule has 1 amide bonds. The number of amides is 1. The van der Waals surface area contributed by atoms with Crippen LogP contribution in [0.25, 0.3) is 0 Å². The molecular formula is C22H26ClFN4O2. The van der Waals surface area contributed by atoms with Gasteiger partial charge in [0.1, 0.15) is 17.4 Å². The molecule has 2 fully saturated rings. The third-order valence-electron chi connectivity index (χ3n) is 5.77. The minimum atomic E-state index is -0.315. The summed E-state index contributed by atoms with van der Waals surface area (Å²) < 4.78 is 18.8. The highest BCUT2D eigenvalue weighted by atomic mass is 35.5. The molecule has 0 radical (unpaired) electrons. The maximum absolute atomic E-state index is 13.5. The lowest BCUT2D eigenvalue weighted by atomic mass is 10.1. The van der Waals surface area contributed by atoms with E-state index in [0.717, 1.165) is 44.7 Å². The highest BCUT2D eigenvalue weighted by Gasteiger charge is 2.24. The lowest BCUT2D eigenvalue weighted by Gasteiger charge is -2.37. The second-order valence-corrected chi connectivity index (χ2v) is 8.08. The predicted octanol–water partition coefficient (Wildman–Crippen LogP) is 3.84. The number of piperidine rings is 1. The van der Waals surface area contributed by atoms with Crippen molar-refractivity contribution < 1.29 is 13.9 Å². The van der Waals surface area contributed by atoms with Crippen molar-refractivity contribution >= 4 is 29.0 Å². The molecule has 0 atom stereocenters. The summed E-state index contributed by atoms with van der Waals surface area (Å²) in [6.45, 7) is 4.49. The van der Waals surface area contributed by atoms with Crippen LogP contribution in [0, 0.1) is 5.82 Å². The third-order valence-corrected chi connectivity index (χ3v) is 6.05. The molecule has 1 aromatic heterocycles. The van der Waals surface area contributed by atoms with Crippen LogP contribution in [0.4, 0.5) is 15.9 Å². The van der Waals surface area contributed by atoms with Crippen LogP contribution >= 0.6 is 11.6 Å². The summed E-state index contributed by atoms with van der Waals surface area (Å²) in [7, 11) is 1.55. The monoisotopic (exact) mass is 432 g/mol. The van der Waals surface area contributed by atoms with E-state index in [4.69, 9.17) is 16.3 Å². The summed E-state index contributed by atoms with van der Waals surface area (Å²) in [5.74, 6) is 0.908. The molecule has 8 heteroatoms. The quantitative estimate of drug-likeness (QED) is 0.734. The van der Waals surface area contributed by atoms with Crippen molar-refractivity contribution in [2.45, 2.75) is 19.3 Å². The number of pyridine rings is 1. The van der Waals surface area contributed by atoms with Crippen molar-refractivity contribution in [2.75, 3.05) is 56.2 Å². The topological polar surface area (TPSA) is 48.9 Å². The first-order valence-electron chi connectivity index (χ1n) is 10.3. The molecule has 0 aliphatic carbocycles. The van der Waals surface area contributed by atoms with E-state index in [2.05, 4.69) is 14.8 Å². The van der Waals surface area contributed by atoms with Gasteiger partial charge in [-0.25, -0.2) is 9.37 Å². The highest BCUT2D eigenvalue weighted by molar-refractivity contribution is 6.33. The number of anilines is 2. The van der Waals surface area contributed by atoms with Gasteiger partial charge in [-0.15, -0.1) is 0 Å². The average molecular weight is 433 g/mol. The van der Waals surface area contributed by atoms with Crippen LogP contribution in [-0.4, -0.2) is 62.2 Å². The number of ether oxygens (including phenoxy) is 1. The SMILES string of the molecule is COc1cc(F)ccc1N1CCN(c2ncc(C(=O)N3CCCCC3)cc2Cl)CC1. The number of likely N-dealkylation sites (tertiary alicyclic amines) is 1. The van der Waals surface area contributed by atoms with E-state index in [0.29, 0.717) is 35.2 Å². The first kappa shape index (κ1) is 20.7. The van der Waals surface area contributed by atoms with Crippen molar-refractivity contribution in [3.05, 3.63) is 46.9 Å². The molecule has 4 rings (SSSR count). The van der Waals surface area contributed by atoms with Crippen LogP contribution in [0.5, 0.6) is 5.75 Å². The molecule has 0 bridgehead atoms. The average Bonchev–Trinajstić information content (AvgIpc) is 2.79. The van der Waals surface area contributed by atoms with Gasteiger partial charge in [0.15, 0.2) is 0 Å². The first-order valence-corrected chi connectivity index (χ1v) is 10.7. The number of hydrogen-bond donors (Lipinski definition) is 0. The molecule has 0 saturated carbocycles. The van der Waals surface area contributed by atoms with Crippen molar-refractivity contribution in [3.8, 4) is 5.75 Å². The van der Waals surface area contributed by atoms with Crippen LogP contribution in [0.15, 0.2) is 30.5 Å². The van der Waals surface area contributed by atoms with Gasteiger partial charge < -0.3 is 19.4 Å². The number of aromatic nitrogens is 1. The Morgan fingerprint density at radius 2 is 1.73 bits per heavy atom. The second-order valence-electron chi connectivity index (χ2n) is 7.67. The molecule has 160 valence electrons. The van der Waals surface area contributed by atoms with E-state index < -0.39 is 0 Å². The van der Waals surface area contributed by atoms with Crippen molar-refractivity contribution in [1.29, 1.82) is 0 Å². The standard InChI is InChI=1S/C22H26ClFN4O2/c1-30-20-14-17(24)5-6-19(20)26-9-11-27(12-10-26)21-18(23)13-16(15-25-21)22(29)28-7-3-2-4-8-28/h5-6,13-15H,2-4,7-12H2,1H3. The number of benzene rings is 1. The summed E-state index contributed by atoms with van der Waals surface area (Å²) in [4.78, 5) is 23.4. The van der Waals surface area contributed by atoms with Gasteiger partial charge in [-0.1, -0.05) is 11.6 Å². The summed E-state index contributed by atoms with van der Waals surface area (Å²) in [5, 5.41) is 0.491. The van der Waals surface area contributed by atoms with Crippen molar-refractivity contribution in [3.63, 3.8) is 0 Å². The van der Waals surface area contributed by atoms with Crippen LogP contribution in [0.1, 0.15) is 29.6 Å². The minimum Gasteiger partial charge on any atom is -0.494 e. The third kappa shape index (κ3) is 4.31. The maximum atomic E-state index is 13.5. The van der Waals surface area contributed by atoms with Gasteiger partial charge in [-0.3, -0.25) is 4.79 Å². The molecule has 2 aliphatic rings. The number of halogens is 2. The predicted molar refractivity (Wildman–Crippen MR) is 116 cm³/mol. The first-order chi connectivity index (χ1) is 14.6. The Labute approximate surface area is 181 Å². The Morgan fingerprint density at radius 1 is 1.03 bits per heavy atom. The number of methoxy groups -OCH3 is 1. The van der Waals surface area contributed by atoms with Crippen LogP contribution < -0.4 is 14.5 Å². The number of carbonyl (C=O) groups excluding carboxylic acids is 1. The summed E-state index contributed by atoms with van der Waals surface area (Å²) >= 11 is 6.51. The zero-order valence-corrected chi connectivity index (χ0v) is 17.9. The number of carbonyl (C=O) groups is 1. The number of rotatable bonds is 4. The van der Waals surface area contributed by atoms with Crippen molar-refractivity contribution in [1.82, 2.24) is 9.88 Å². The van der Waals surface area contributed by atoms with Gasteiger partial charge in [-0.2, -0.15) is 0 Å². The zero-order valence-electron chi connectivity index (χ0n) is 17.1. The Bertz CT molecular complexity index is 912. The molecule has 2 aromatic rings. The molecular weight excluding hydrogens is 407 g/mol. The van der Waals surface area contributed by atoms with E-state index in [1.807, 2.05) is 4.90 Å². The molecule has 2 saturated heterocycles. The lowest BCUT2D eigenvalue weighted by molar-refractivity contribution is 0.0724. The van der Waals surface area contributed by atoms with E-state index >= 15 is 0 Å². The fourth-order valence-corrected chi connectivity index (χ4v) is 4.42. The van der Waals surface area contributed by atoms with E-state index in [9.17, 15) is 9.18 Å². The largest absolute Gasteiger partial charge is 0.494 e. The Kier molecular flexibility index (Phi) is 6.27. The normalized spacial score (nSPS) is 17.2. The minimum absolute atomic E-state index is 0.00359. The van der Waals surface area contributed by atoms with Gasteiger partial charge in [0, 0.05) is 51.5 Å². The van der Waals surface area contributed by atoms with Gasteiger partial charge in [0.05, 0.1) is 23.4 Å². The maximum Gasteiger partial charge on any atom is 0.255 e. The lowest BCUT2D eigenvalue weighted by Crippen LogP contribution is -2.47. The van der Waals surface area contributed by atoms with E-state index in [-0.39, 0.29) is 11.7 Å². The number of nitrogens with zero attached hydrogens (tertiary/aromatic N) is 4. The molecule has 2 aliphatic heterocycles. The summed E-state index contributed by atoms with van der Waals surface area (Å²) in [6.07, 6.45) is 4.91.